The van der Waals surface area contributed by atoms with Crippen molar-refractivity contribution in [1.29, 1.82) is 0 Å². The van der Waals surface area contributed by atoms with E-state index in [1.165, 1.54) is 173 Å². The van der Waals surface area contributed by atoms with Gasteiger partial charge >= 0.3 is 17.9 Å². The van der Waals surface area contributed by atoms with Crippen molar-refractivity contribution >= 4 is 17.9 Å². The van der Waals surface area contributed by atoms with Crippen LogP contribution in [-0.4, -0.2) is 37.2 Å². The fourth-order valence-corrected chi connectivity index (χ4v) is 9.83. The molecule has 0 fully saturated rings. The second-order valence-electron chi connectivity index (χ2n) is 23.0. The van der Waals surface area contributed by atoms with Crippen molar-refractivity contribution in [2.75, 3.05) is 13.2 Å². The third-order valence-corrected chi connectivity index (χ3v) is 15.0. The number of hydrogen-bond acceptors (Lipinski definition) is 6. The van der Waals surface area contributed by atoms with Crippen molar-refractivity contribution in [1.82, 2.24) is 0 Å². The van der Waals surface area contributed by atoms with Crippen LogP contribution >= 0.6 is 0 Å². The van der Waals surface area contributed by atoms with E-state index >= 15 is 0 Å². The Hall–Kier alpha value is -3.93. The van der Waals surface area contributed by atoms with E-state index in [1.807, 2.05) is 0 Å². The molecule has 1 atom stereocenters. The quantitative estimate of drug-likeness (QED) is 0.0261. The number of rotatable bonds is 63. The van der Waals surface area contributed by atoms with Gasteiger partial charge in [-0.15, -0.1) is 0 Å². The topological polar surface area (TPSA) is 78.9 Å². The molecule has 0 amide bonds. The number of carbonyl (C=O) groups excluding carboxylic acids is 3. The van der Waals surface area contributed by atoms with E-state index in [0.717, 1.165) is 122 Å². The molecule has 0 aromatic carbocycles. The maximum absolute atomic E-state index is 12.9. The number of esters is 3. The second kappa shape index (κ2) is 69.6. The van der Waals surface area contributed by atoms with E-state index in [0.29, 0.717) is 19.3 Å². The van der Waals surface area contributed by atoms with Crippen molar-refractivity contribution < 1.29 is 28.6 Å². The summed E-state index contributed by atoms with van der Waals surface area (Å²) in [5, 5.41) is 0. The highest BCUT2D eigenvalue weighted by molar-refractivity contribution is 5.71. The van der Waals surface area contributed by atoms with Gasteiger partial charge in [0.05, 0.1) is 0 Å². The van der Waals surface area contributed by atoms with Gasteiger partial charge in [-0.1, -0.05) is 304 Å². The lowest BCUT2D eigenvalue weighted by Gasteiger charge is -2.18. The summed E-state index contributed by atoms with van der Waals surface area (Å²) in [6.45, 7) is 6.40. The average Bonchev–Trinajstić information content (AvgIpc) is 3.47. The third kappa shape index (κ3) is 66.9. The molecule has 0 rings (SSSR count). The van der Waals surface area contributed by atoms with Crippen LogP contribution in [0.25, 0.3) is 0 Å². The van der Waals surface area contributed by atoms with E-state index < -0.39 is 6.10 Å². The molecular weight excluding hydrogens is 1010 g/mol. The summed E-state index contributed by atoms with van der Waals surface area (Å²) in [4.78, 5) is 38.4. The number of unbranched alkanes of at least 4 members (excludes halogenated alkanes) is 34. The Morgan fingerprint density at radius 3 is 0.780 bits per heavy atom. The molecule has 6 heteroatoms. The Balaban J connectivity index is 4.20. The van der Waals surface area contributed by atoms with Crippen LogP contribution in [0.15, 0.2) is 109 Å². The van der Waals surface area contributed by atoms with Crippen LogP contribution in [0.1, 0.15) is 335 Å². The van der Waals surface area contributed by atoms with Gasteiger partial charge in [0.1, 0.15) is 13.2 Å². The molecule has 0 bridgehead atoms. The minimum absolute atomic E-state index is 0.0918. The zero-order chi connectivity index (χ0) is 59.2. The van der Waals surface area contributed by atoms with Gasteiger partial charge in [0, 0.05) is 19.3 Å². The third-order valence-electron chi connectivity index (χ3n) is 15.0. The van der Waals surface area contributed by atoms with Crippen LogP contribution in [0, 0.1) is 0 Å². The Bertz CT molecular complexity index is 1640. The first-order chi connectivity index (χ1) is 40.5. The predicted molar refractivity (Wildman–Crippen MR) is 357 cm³/mol. The largest absolute Gasteiger partial charge is 0.462 e. The predicted octanol–water partition coefficient (Wildman–Crippen LogP) is 24.2. The second-order valence-corrected chi connectivity index (χ2v) is 23.0. The van der Waals surface area contributed by atoms with Crippen LogP contribution in [0.5, 0.6) is 0 Å². The molecule has 0 saturated heterocycles. The highest BCUT2D eigenvalue weighted by atomic mass is 16.6. The highest BCUT2D eigenvalue weighted by Gasteiger charge is 2.19. The van der Waals surface area contributed by atoms with E-state index in [-0.39, 0.29) is 31.1 Å². The number of ether oxygens (including phenoxy) is 3. The first kappa shape index (κ1) is 78.1. The van der Waals surface area contributed by atoms with Crippen LogP contribution in [0.4, 0.5) is 0 Å². The fraction of sp³-hybridized carbons (Fsp3) is 0.724. The molecule has 0 aliphatic heterocycles. The SMILES string of the molecule is CC/C=C\C/C=C\C/C=C\C/C=C\CCCCCCCCCCCCCCCCCCCCCCC(=O)OCC(COC(=O)CCCC/C=C\C/C=C\C/C=C\C/C=C\CC)OC(=O)CCCCCCC/C=C\CCCCCCCCC. The van der Waals surface area contributed by atoms with Crippen molar-refractivity contribution in [3.8, 4) is 0 Å². The summed E-state index contributed by atoms with van der Waals surface area (Å²) in [5.74, 6) is -0.930. The first-order valence-corrected chi connectivity index (χ1v) is 34.9. The highest BCUT2D eigenvalue weighted by Crippen LogP contribution is 2.17. The summed E-state index contributed by atoms with van der Waals surface area (Å²) in [6.07, 6.45) is 95.6. The average molecular weight is 1140 g/mol. The Morgan fingerprint density at radius 2 is 0.476 bits per heavy atom. The zero-order valence-corrected chi connectivity index (χ0v) is 54.0. The van der Waals surface area contributed by atoms with Gasteiger partial charge in [-0.2, -0.15) is 0 Å². The molecule has 0 aromatic rings. The lowest BCUT2D eigenvalue weighted by molar-refractivity contribution is -0.167. The molecule has 0 aliphatic carbocycles. The van der Waals surface area contributed by atoms with Crippen LogP contribution in [-0.2, 0) is 28.6 Å². The van der Waals surface area contributed by atoms with Gasteiger partial charge in [-0.3, -0.25) is 14.4 Å². The number of carbonyl (C=O) groups is 3. The summed E-state index contributed by atoms with van der Waals surface area (Å²) in [7, 11) is 0. The number of hydrogen-bond donors (Lipinski definition) is 0. The molecule has 470 valence electrons. The zero-order valence-electron chi connectivity index (χ0n) is 54.0. The van der Waals surface area contributed by atoms with Gasteiger partial charge in [0.25, 0.3) is 0 Å². The lowest BCUT2D eigenvalue weighted by Crippen LogP contribution is -2.30. The van der Waals surface area contributed by atoms with Crippen LogP contribution in [0.3, 0.4) is 0 Å². The van der Waals surface area contributed by atoms with Crippen molar-refractivity contribution in [2.24, 2.45) is 0 Å². The van der Waals surface area contributed by atoms with Crippen molar-refractivity contribution in [2.45, 2.75) is 341 Å². The van der Waals surface area contributed by atoms with E-state index in [2.05, 4.69) is 130 Å². The monoisotopic (exact) mass is 1140 g/mol. The van der Waals surface area contributed by atoms with Crippen LogP contribution < -0.4 is 0 Å². The maximum atomic E-state index is 12.9. The minimum Gasteiger partial charge on any atom is -0.462 e. The molecule has 0 saturated carbocycles. The Labute approximate surface area is 508 Å². The molecule has 0 spiro atoms. The van der Waals surface area contributed by atoms with E-state index in [4.69, 9.17) is 14.2 Å². The van der Waals surface area contributed by atoms with Gasteiger partial charge in [0.15, 0.2) is 6.10 Å². The summed E-state index contributed by atoms with van der Waals surface area (Å²) < 4.78 is 16.9. The van der Waals surface area contributed by atoms with Crippen molar-refractivity contribution in [3.05, 3.63) is 109 Å². The Kier molecular flexibility index (Phi) is 66.2. The molecule has 6 nitrogen and oxygen atoms in total. The normalized spacial score (nSPS) is 12.8. The Morgan fingerprint density at radius 1 is 0.256 bits per heavy atom. The summed E-state index contributed by atoms with van der Waals surface area (Å²) in [6, 6.07) is 0. The summed E-state index contributed by atoms with van der Waals surface area (Å²) >= 11 is 0. The van der Waals surface area contributed by atoms with Crippen LogP contribution in [0.2, 0.25) is 0 Å². The molecule has 0 radical (unpaired) electrons. The molecule has 0 N–H and O–H groups in total. The van der Waals surface area contributed by atoms with Gasteiger partial charge in [-0.25, -0.2) is 0 Å². The van der Waals surface area contributed by atoms with E-state index in [1.54, 1.807) is 0 Å². The van der Waals surface area contributed by atoms with E-state index in [9.17, 15) is 14.4 Å². The number of allylic oxidation sites excluding steroid dienone is 18. The smallest absolute Gasteiger partial charge is 0.306 e. The molecule has 0 aliphatic rings. The molecule has 82 heavy (non-hydrogen) atoms. The molecule has 0 aromatic heterocycles. The molecular formula is C76H130O6. The standard InChI is InChI=1S/C76H130O6/c1-4-7-10-13-16-19-22-25-28-30-31-32-33-34-35-36-37-38-39-40-41-42-43-44-45-46-49-51-54-57-60-63-66-69-75(78)81-72-73(71-80-74(77)68-65-62-59-56-53-50-47-27-24-21-18-15-12-9-6-3)82-76(79)70-67-64-61-58-55-52-48-29-26-23-20-17-14-11-8-5-2/h7,9-10,12,16,18-19,21,25,27-29,31-32,47-48,53,56,73H,4-6,8,11,13-15,17,20,22-24,26,30,33-46,49-52,54-55,57-72H2,1-3H3/b10-7-,12-9-,19-16-,21-18-,28-25-,32-31-,47-27-,48-29-,56-53-. The lowest BCUT2D eigenvalue weighted by atomic mass is 10.0. The molecule has 0 heterocycles. The van der Waals surface area contributed by atoms with Crippen molar-refractivity contribution in [3.63, 3.8) is 0 Å². The summed E-state index contributed by atoms with van der Waals surface area (Å²) in [5.41, 5.74) is 0. The first-order valence-electron chi connectivity index (χ1n) is 34.9. The maximum Gasteiger partial charge on any atom is 0.306 e. The molecule has 1 unspecified atom stereocenters. The fourth-order valence-electron chi connectivity index (χ4n) is 9.83. The van der Waals surface area contributed by atoms with Gasteiger partial charge in [-0.05, 0) is 122 Å². The van der Waals surface area contributed by atoms with Gasteiger partial charge in [0.2, 0.25) is 0 Å². The minimum atomic E-state index is -0.800. The van der Waals surface area contributed by atoms with Gasteiger partial charge < -0.3 is 14.2 Å².